The largest absolute Gasteiger partial charge is 0.390 e. The highest BCUT2D eigenvalue weighted by Crippen LogP contribution is 2.55. The quantitative estimate of drug-likeness (QED) is 0.117. The number of thioether (sulfide) groups is 1. The minimum Gasteiger partial charge on any atom is -0.390 e. The van der Waals surface area contributed by atoms with Gasteiger partial charge in [-0.15, -0.1) is 11.8 Å². The number of amides is 4. The highest BCUT2D eigenvalue weighted by molar-refractivity contribution is 7.99. The number of hydrogen-bond donors (Lipinski definition) is 5. The fourth-order valence-corrected chi connectivity index (χ4v) is 9.99. The molecule has 8 rings (SSSR count). The van der Waals surface area contributed by atoms with Crippen LogP contribution in [0, 0.1) is 17.8 Å². The van der Waals surface area contributed by atoms with Gasteiger partial charge in [0, 0.05) is 21.6 Å². The van der Waals surface area contributed by atoms with Gasteiger partial charge in [0.05, 0.1) is 29.6 Å². The number of para-hydroxylation sites is 1. The molecule has 0 aliphatic heterocycles. The molecule has 4 amide bonds. The van der Waals surface area contributed by atoms with E-state index in [9.17, 15) is 24.3 Å². The summed E-state index contributed by atoms with van der Waals surface area (Å²) in [4.78, 5) is 58.0. The molecule has 1 aromatic heterocycles. The van der Waals surface area contributed by atoms with Crippen molar-refractivity contribution in [2.75, 3.05) is 5.75 Å². The minimum atomic E-state index is -1.30. The number of pyridine rings is 1. The molecule has 270 valence electrons. The maximum absolute atomic E-state index is 13.8. The molecule has 4 aromatic rings. The van der Waals surface area contributed by atoms with Crippen molar-refractivity contribution in [1.29, 1.82) is 0 Å². The maximum Gasteiger partial charge on any atom is 0.270 e. The Morgan fingerprint density at radius 2 is 1.46 bits per heavy atom. The lowest BCUT2D eigenvalue weighted by atomic mass is 9.53. The Kier molecular flexibility index (Phi) is 10.6. The first-order chi connectivity index (χ1) is 25.1. The van der Waals surface area contributed by atoms with E-state index >= 15 is 0 Å². The SMILES string of the molecule is NC(=O)C[C@H](NC(=O)c1ccc2ccccc2n1)C(=O)N[C@@H](Cc1ccccc1)[C@@H](O)CSc1ccccc1C(=O)NC12CC3CC(CC(C3)C1)C2. The number of rotatable bonds is 14. The van der Waals surface area contributed by atoms with E-state index in [0.717, 1.165) is 35.1 Å². The summed E-state index contributed by atoms with van der Waals surface area (Å²) in [6, 6.07) is 25.4. The van der Waals surface area contributed by atoms with E-state index in [4.69, 9.17) is 5.73 Å². The first-order valence-corrected chi connectivity index (χ1v) is 19.1. The van der Waals surface area contributed by atoms with E-state index in [2.05, 4.69) is 20.9 Å². The Balaban J connectivity index is 1.04. The third-order valence-corrected chi connectivity index (χ3v) is 12.1. The van der Waals surface area contributed by atoms with Gasteiger partial charge >= 0.3 is 0 Å². The van der Waals surface area contributed by atoms with Gasteiger partial charge in [-0.1, -0.05) is 66.7 Å². The average molecular weight is 720 g/mol. The van der Waals surface area contributed by atoms with Gasteiger partial charge in [0.1, 0.15) is 11.7 Å². The summed E-state index contributed by atoms with van der Waals surface area (Å²) in [6.07, 6.45) is 5.81. The molecule has 4 fully saturated rings. The molecule has 4 bridgehead atoms. The first-order valence-electron chi connectivity index (χ1n) is 18.1. The number of aliphatic hydroxyl groups excluding tert-OH is 1. The van der Waals surface area contributed by atoms with Gasteiger partial charge < -0.3 is 26.8 Å². The fraction of sp³-hybridized carbons (Fsp3) is 0.390. The van der Waals surface area contributed by atoms with Crippen LogP contribution in [0.15, 0.2) is 95.9 Å². The van der Waals surface area contributed by atoms with Crippen LogP contribution in [0.3, 0.4) is 0 Å². The molecule has 11 heteroatoms. The predicted octanol–water partition coefficient (Wildman–Crippen LogP) is 4.79. The molecular weight excluding hydrogens is 675 g/mol. The van der Waals surface area contributed by atoms with Crippen LogP contribution in [0.2, 0.25) is 0 Å². The molecule has 10 nitrogen and oxygen atoms in total. The predicted molar refractivity (Wildman–Crippen MR) is 200 cm³/mol. The van der Waals surface area contributed by atoms with E-state index in [-0.39, 0.29) is 29.3 Å². The van der Waals surface area contributed by atoms with Crippen molar-refractivity contribution >= 4 is 46.3 Å². The topological polar surface area (TPSA) is 164 Å². The Hall–Kier alpha value is -4.74. The summed E-state index contributed by atoms with van der Waals surface area (Å²) in [5.41, 5.74) is 7.53. The van der Waals surface area contributed by atoms with Crippen LogP contribution in [0.1, 0.15) is 71.4 Å². The number of aliphatic hydroxyl groups is 1. The van der Waals surface area contributed by atoms with E-state index < -0.39 is 42.3 Å². The number of benzene rings is 3. The number of aromatic nitrogens is 1. The summed E-state index contributed by atoms with van der Waals surface area (Å²) in [6.45, 7) is 0. The van der Waals surface area contributed by atoms with Crippen molar-refractivity contribution in [3.8, 4) is 0 Å². The monoisotopic (exact) mass is 719 g/mol. The number of primary amides is 1. The van der Waals surface area contributed by atoms with Crippen LogP contribution < -0.4 is 21.7 Å². The van der Waals surface area contributed by atoms with Crippen LogP contribution in [0.5, 0.6) is 0 Å². The maximum atomic E-state index is 13.8. The molecule has 0 radical (unpaired) electrons. The van der Waals surface area contributed by atoms with Gasteiger partial charge in [0.2, 0.25) is 11.8 Å². The summed E-state index contributed by atoms with van der Waals surface area (Å²) < 4.78 is 0. The molecule has 1 heterocycles. The molecule has 4 aliphatic carbocycles. The second-order valence-electron chi connectivity index (χ2n) is 14.9. The minimum absolute atomic E-state index is 0.0837. The third kappa shape index (κ3) is 8.32. The number of carbonyl (C=O) groups is 4. The van der Waals surface area contributed by atoms with Crippen LogP contribution in [-0.4, -0.2) is 63.2 Å². The molecule has 0 spiro atoms. The molecular formula is C41H45N5O5S. The summed E-state index contributed by atoms with van der Waals surface area (Å²) in [7, 11) is 0. The molecule has 0 saturated heterocycles. The average Bonchev–Trinajstić information content (AvgIpc) is 3.12. The molecule has 52 heavy (non-hydrogen) atoms. The Bertz CT molecular complexity index is 1920. The Labute approximate surface area is 307 Å². The zero-order chi connectivity index (χ0) is 36.2. The lowest BCUT2D eigenvalue weighted by Crippen LogP contribution is -2.59. The summed E-state index contributed by atoms with van der Waals surface area (Å²) in [5, 5.41) is 21.5. The standard InChI is InChI=1S/C41H45N5O5S/c42-37(48)20-34(45-39(50)32-15-14-29-10-4-6-12-31(29)43-32)40(51)44-33(19-25-8-2-1-3-9-25)35(47)24-52-36-13-7-5-11-30(36)38(49)46-41-21-26-16-27(22-41)18-28(17-26)23-41/h1-15,26-28,33-35,47H,16-24H2,(H2,42,48)(H,44,51)(H,45,50)(H,46,49)/t26?,27?,28?,33-,34-,35-,41?/m0/s1. The summed E-state index contributed by atoms with van der Waals surface area (Å²) in [5.74, 6) is 0.135. The van der Waals surface area contributed by atoms with Crippen molar-refractivity contribution < 1.29 is 24.3 Å². The second kappa shape index (κ2) is 15.5. The molecule has 4 aliphatic rings. The number of carbonyl (C=O) groups excluding carboxylic acids is 4. The molecule has 3 atom stereocenters. The Morgan fingerprint density at radius 3 is 2.17 bits per heavy atom. The molecule has 6 N–H and O–H groups in total. The van der Waals surface area contributed by atoms with Crippen molar-refractivity contribution in [3.63, 3.8) is 0 Å². The number of nitrogens with two attached hydrogens (primary N) is 1. The van der Waals surface area contributed by atoms with E-state index in [1.807, 2.05) is 72.8 Å². The van der Waals surface area contributed by atoms with Crippen molar-refractivity contribution in [2.24, 2.45) is 23.5 Å². The fourth-order valence-electron chi connectivity index (χ4n) is 8.91. The summed E-state index contributed by atoms with van der Waals surface area (Å²) >= 11 is 1.36. The number of nitrogens with one attached hydrogen (secondary N) is 3. The van der Waals surface area contributed by atoms with E-state index in [1.165, 1.54) is 31.0 Å². The zero-order valence-corrected chi connectivity index (χ0v) is 29.8. The van der Waals surface area contributed by atoms with Gasteiger partial charge in [-0.2, -0.15) is 0 Å². The molecule has 3 aromatic carbocycles. The van der Waals surface area contributed by atoms with Crippen LogP contribution in [0.4, 0.5) is 0 Å². The van der Waals surface area contributed by atoms with Gasteiger partial charge in [-0.05, 0) is 92.5 Å². The number of hydrogen-bond acceptors (Lipinski definition) is 7. The van der Waals surface area contributed by atoms with Crippen LogP contribution in [0.25, 0.3) is 10.9 Å². The third-order valence-electron chi connectivity index (χ3n) is 10.9. The first kappa shape index (κ1) is 35.7. The highest BCUT2D eigenvalue weighted by Gasteiger charge is 2.51. The number of fused-ring (bicyclic) bond motifs is 1. The normalized spacial score (nSPS) is 23.4. The second-order valence-corrected chi connectivity index (χ2v) is 16.0. The van der Waals surface area contributed by atoms with Crippen LogP contribution in [-0.2, 0) is 16.0 Å². The lowest BCUT2D eigenvalue weighted by molar-refractivity contribution is -0.128. The zero-order valence-electron chi connectivity index (χ0n) is 29.0. The molecule has 0 unspecified atom stereocenters. The lowest BCUT2D eigenvalue weighted by Gasteiger charge is -2.56. The Morgan fingerprint density at radius 1 is 0.808 bits per heavy atom. The van der Waals surface area contributed by atoms with Gasteiger partial charge in [-0.3, -0.25) is 19.2 Å². The smallest absolute Gasteiger partial charge is 0.270 e. The van der Waals surface area contributed by atoms with Crippen LogP contribution >= 0.6 is 11.8 Å². The highest BCUT2D eigenvalue weighted by atomic mass is 32.2. The van der Waals surface area contributed by atoms with Gasteiger partial charge in [0.15, 0.2) is 0 Å². The van der Waals surface area contributed by atoms with Gasteiger partial charge in [-0.25, -0.2) is 4.98 Å². The van der Waals surface area contributed by atoms with Crippen molar-refractivity contribution in [2.45, 2.75) is 80.0 Å². The number of nitrogens with zero attached hydrogens (tertiary/aromatic N) is 1. The van der Waals surface area contributed by atoms with E-state index in [1.54, 1.807) is 18.2 Å². The van der Waals surface area contributed by atoms with Crippen molar-refractivity contribution in [3.05, 3.63) is 108 Å². The van der Waals surface area contributed by atoms with E-state index in [0.29, 0.717) is 28.8 Å². The van der Waals surface area contributed by atoms with Gasteiger partial charge in [0.25, 0.3) is 11.8 Å². The molecule has 4 saturated carbocycles. The van der Waals surface area contributed by atoms with Crippen molar-refractivity contribution in [1.82, 2.24) is 20.9 Å².